The van der Waals surface area contributed by atoms with Crippen LogP contribution < -0.4 is 4.57 Å². The summed E-state index contributed by atoms with van der Waals surface area (Å²) in [6, 6.07) is 17.9. The molecule has 0 N–H and O–H groups in total. The van der Waals surface area contributed by atoms with Crippen molar-refractivity contribution in [1.82, 2.24) is 0 Å². The lowest BCUT2D eigenvalue weighted by Gasteiger charge is -2.30. The summed E-state index contributed by atoms with van der Waals surface area (Å²) in [5.41, 5.74) is 10.6. The van der Waals surface area contributed by atoms with Gasteiger partial charge in [0.15, 0.2) is 6.20 Å². The van der Waals surface area contributed by atoms with E-state index in [0.29, 0.717) is 0 Å². The first kappa shape index (κ1) is 26.6. The molecule has 0 fully saturated rings. The summed E-state index contributed by atoms with van der Waals surface area (Å²) in [6.07, 6.45) is 4.25. The van der Waals surface area contributed by atoms with Crippen molar-refractivity contribution in [3.05, 3.63) is 77.0 Å². The first-order chi connectivity index (χ1) is 19.3. The minimum Gasteiger partial charge on any atom is -0.455 e. The van der Waals surface area contributed by atoms with E-state index in [2.05, 4.69) is 122 Å². The van der Waals surface area contributed by atoms with Gasteiger partial charge in [0.2, 0.25) is 5.69 Å². The van der Waals surface area contributed by atoms with Gasteiger partial charge in [-0.3, -0.25) is 0 Å². The molecular formula is C38H40NOS+. The Morgan fingerprint density at radius 2 is 1.44 bits per heavy atom. The van der Waals surface area contributed by atoms with Crippen molar-refractivity contribution in [2.45, 2.75) is 78.0 Å². The van der Waals surface area contributed by atoms with Crippen LogP contribution in [0, 0.1) is 24.7 Å². The molecule has 3 heterocycles. The van der Waals surface area contributed by atoms with Crippen molar-refractivity contribution in [1.29, 1.82) is 0 Å². The van der Waals surface area contributed by atoms with E-state index < -0.39 is 0 Å². The first-order valence-corrected chi connectivity index (χ1v) is 15.7. The molecule has 1 aliphatic heterocycles. The van der Waals surface area contributed by atoms with Crippen molar-refractivity contribution in [2.75, 3.05) is 0 Å². The third kappa shape index (κ3) is 4.11. The highest BCUT2D eigenvalue weighted by Crippen LogP contribution is 2.56. The summed E-state index contributed by atoms with van der Waals surface area (Å²) in [7, 11) is 2.22. The lowest BCUT2D eigenvalue weighted by molar-refractivity contribution is -0.659. The Morgan fingerprint density at radius 3 is 2.17 bits per heavy atom. The van der Waals surface area contributed by atoms with Gasteiger partial charge in [-0.05, 0) is 71.0 Å². The fourth-order valence-electron chi connectivity index (χ4n) is 6.99. The standard InChI is InChI=1S/C38H40NOS/c1-21-14-15-23-26(18-21)22(2)30-33-32-25(16-17-39(33)9)34-31(24-12-10-11-13-29(24)40-34)28(20-38(6,7)8)36(32)41-35(30)27(23)19-37(3,4)5/h10-18H,19-20H2,1-9H3/q+1. The van der Waals surface area contributed by atoms with Gasteiger partial charge >= 0.3 is 0 Å². The Labute approximate surface area is 247 Å². The molecule has 41 heavy (non-hydrogen) atoms. The molecule has 0 atom stereocenters. The molecule has 0 bridgehead atoms. The molecule has 3 heteroatoms. The molecule has 0 spiro atoms. The fourth-order valence-corrected chi connectivity index (χ4v) is 8.46. The van der Waals surface area contributed by atoms with Crippen LogP contribution in [-0.2, 0) is 19.9 Å². The minimum atomic E-state index is 0.124. The molecule has 0 radical (unpaired) electrons. The highest BCUT2D eigenvalue weighted by atomic mass is 32.2. The van der Waals surface area contributed by atoms with Crippen LogP contribution in [0.1, 0.15) is 63.8 Å². The maximum atomic E-state index is 6.71. The van der Waals surface area contributed by atoms with Gasteiger partial charge in [0.25, 0.3) is 0 Å². The Hall–Kier alpha value is -3.30. The third-order valence-electron chi connectivity index (χ3n) is 8.60. The summed E-state index contributed by atoms with van der Waals surface area (Å²) in [6.45, 7) is 18.7. The topological polar surface area (TPSA) is 17.0 Å². The summed E-state index contributed by atoms with van der Waals surface area (Å²) in [4.78, 5) is 2.85. The van der Waals surface area contributed by atoms with Gasteiger partial charge in [-0.25, -0.2) is 4.57 Å². The van der Waals surface area contributed by atoms with E-state index in [0.717, 1.165) is 24.0 Å². The van der Waals surface area contributed by atoms with E-state index in [9.17, 15) is 0 Å². The number of aryl methyl sites for hydroxylation is 3. The molecule has 0 aliphatic carbocycles. The number of pyridine rings is 1. The number of rotatable bonds is 2. The second kappa shape index (κ2) is 8.85. The third-order valence-corrected chi connectivity index (χ3v) is 9.91. The van der Waals surface area contributed by atoms with Gasteiger partial charge in [0, 0.05) is 32.0 Å². The summed E-state index contributed by atoms with van der Waals surface area (Å²) in [5, 5.41) is 7.86. The number of hydrogen-bond acceptors (Lipinski definition) is 2. The van der Waals surface area contributed by atoms with Crippen LogP contribution >= 0.6 is 11.8 Å². The molecule has 0 saturated heterocycles. The molecule has 2 aromatic heterocycles. The lowest BCUT2D eigenvalue weighted by atomic mass is 9.82. The van der Waals surface area contributed by atoms with Gasteiger partial charge in [-0.2, -0.15) is 0 Å². The predicted molar refractivity (Wildman–Crippen MR) is 175 cm³/mol. The van der Waals surface area contributed by atoms with Crippen molar-refractivity contribution in [3.63, 3.8) is 0 Å². The Kier molecular flexibility index (Phi) is 5.74. The molecule has 7 rings (SSSR count). The van der Waals surface area contributed by atoms with Crippen LogP contribution in [0.2, 0.25) is 0 Å². The zero-order valence-corrected chi connectivity index (χ0v) is 26.7. The second-order valence-electron chi connectivity index (χ2n) is 14.6. The van der Waals surface area contributed by atoms with Crippen molar-refractivity contribution in [3.8, 4) is 11.3 Å². The van der Waals surface area contributed by atoms with E-state index in [1.165, 1.54) is 75.6 Å². The first-order valence-electron chi connectivity index (χ1n) is 14.8. The molecule has 0 saturated carbocycles. The van der Waals surface area contributed by atoms with Crippen molar-refractivity contribution in [2.24, 2.45) is 17.9 Å². The largest absolute Gasteiger partial charge is 0.455 e. The van der Waals surface area contributed by atoms with E-state index in [1.54, 1.807) is 0 Å². The van der Waals surface area contributed by atoms with E-state index in [4.69, 9.17) is 4.42 Å². The van der Waals surface area contributed by atoms with E-state index >= 15 is 0 Å². The molecule has 2 nitrogen and oxygen atoms in total. The van der Waals surface area contributed by atoms with Gasteiger partial charge in [0.05, 0.1) is 10.9 Å². The van der Waals surface area contributed by atoms with Gasteiger partial charge in [-0.15, -0.1) is 0 Å². The highest BCUT2D eigenvalue weighted by molar-refractivity contribution is 8.00. The molecule has 208 valence electrons. The zero-order valence-electron chi connectivity index (χ0n) is 25.9. The molecular weight excluding hydrogens is 518 g/mol. The second-order valence-corrected chi connectivity index (χ2v) is 15.6. The quantitative estimate of drug-likeness (QED) is 0.196. The van der Waals surface area contributed by atoms with Gasteiger partial charge < -0.3 is 4.42 Å². The minimum absolute atomic E-state index is 0.124. The number of benzene rings is 4. The van der Waals surface area contributed by atoms with Gasteiger partial charge in [0.1, 0.15) is 18.2 Å². The lowest BCUT2D eigenvalue weighted by Crippen LogP contribution is -2.32. The highest BCUT2D eigenvalue weighted by Gasteiger charge is 2.36. The number of fused-ring (bicyclic) bond motifs is 7. The molecule has 0 unspecified atom stereocenters. The van der Waals surface area contributed by atoms with E-state index in [1.807, 2.05) is 11.8 Å². The van der Waals surface area contributed by atoms with Crippen molar-refractivity contribution < 1.29 is 8.98 Å². The number of para-hydroxylation sites is 1. The van der Waals surface area contributed by atoms with Crippen LogP contribution in [0.25, 0.3) is 54.7 Å². The smallest absolute Gasteiger partial charge is 0.222 e. The van der Waals surface area contributed by atoms with Crippen LogP contribution in [0.3, 0.4) is 0 Å². The Balaban J connectivity index is 1.72. The van der Waals surface area contributed by atoms with Crippen LogP contribution in [0.15, 0.2) is 68.9 Å². The molecule has 0 amide bonds. The zero-order chi connectivity index (χ0) is 29.0. The fraction of sp³-hybridized carbons (Fsp3) is 0.342. The number of furan rings is 1. The summed E-state index contributed by atoms with van der Waals surface area (Å²) in [5.74, 6) is 0. The maximum Gasteiger partial charge on any atom is 0.222 e. The van der Waals surface area contributed by atoms with Crippen LogP contribution in [0.4, 0.5) is 0 Å². The Bertz CT molecular complexity index is 2060. The number of aromatic nitrogens is 1. The average Bonchev–Trinajstić information content (AvgIpc) is 3.28. The van der Waals surface area contributed by atoms with Crippen LogP contribution in [0.5, 0.6) is 0 Å². The number of hydrogen-bond donors (Lipinski definition) is 0. The van der Waals surface area contributed by atoms with Crippen molar-refractivity contribution >= 4 is 55.2 Å². The molecule has 6 aromatic rings. The normalized spacial score (nSPS) is 13.6. The van der Waals surface area contributed by atoms with Crippen LogP contribution in [-0.4, -0.2) is 0 Å². The Morgan fingerprint density at radius 1 is 0.732 bits per heavy atom. The SMILES string of the molecule is Cc1ccc2c(CC(C)(C)C)c3c(c(C)c2c1)-c1c2c(c(CC(C)(C)C)c4c5ccccc5oc4c2cc[n+]1C)S3. The molecule has 4 aromatic carbocycles. The average molecular weight is 559 g/mol. The summed E-state index contributed by atoms with van der Waals surface area (Å²) < 4.78 is 9.07. The van der Waals surface area contributed by atoms with E-state index in [-0.39, 0.29) is 10.8 Å². The van der Waals surface area contributed by atoms with Gasteiger partial charge in [-0.1, -0.05) is 95.3 Å². The summed E-state index contributed by atoms with van der Waals surface area (Å²) >= 11 is 2.02. The molecule has 1 aliphatic rings. The predicted octanol–water partition coefficient (Wildman–Crippen LogP) is 10.6. The number of nitrogens with zero attached hydrogens (tertiary/aromatic N) is 1. The monoisotopic (exact) mass is 558 g/mol. The maximum absolute atomic E-state index is 6.71.